The lowest BCUT2D eigenvalue weighted by atomic mass is 10.0. The van der Waals surface area contributed by atoms with Gasteiger partial charge in [0.25, 0.3) is 11.6 Å². The molecule has 1 amide bonds. The molecule has 0 fully saturated rings. The lowest BCUT2D eigenvalue weighted by molar-refractivity contribution is -0.384. The zero-order valence-electron chi connectivity index (χ0n) is 12.4. The number of halogens is 1. The van der Waals surface area contributed by atoms with Crippen LogP contribution in [0.5, 0.6) is 0 Å². The van der Waals surface area contributed by atoms with Crippen molar-refractivity contribution in [2.45, 2.75) is 26.3 Å². The van der Waals surface area contributed by atoms with Gasteiger partial charge in [0.15, 0.2) is 0 Å². The summed E-state index contributed by atoms with van der Waals surface area (Å²) < 4.78 is 13.7. The molecule has 0 saturated heterocycles. The number of hydrogen-bond acceptors (Lipinski definition) is 4. The summed E-state index contributed by atoms with van der Waals surface area (Å²) in [6.45, 7) is 4.32. The van der Waals surface area contributed by atoms with Crippen LogP contribution in [-0.2, 0) is 0 Å². The summed E-state index contributed by atoms with van der Waals surface area (Å²) in [4.78, 5) is 23.5. The highest BCUT2D eigenvalue weighted by atomic mass is 19.1. The van der Waals surface area contributed by atoms with Crippen molar-refractivity contribution in [1.82, 2.24) is 4.90 Å². The first-order valence-electron chi connectivity index (χ1n) is 6.69. The number of amides is 1. The average molecular weight is 297 g/mol. The number of carbonyl (C=O) groups excluding carboxylic acids is 1. The molecule has 1 aromatic carbocycles. The predicted molar refractivity (Wildman–Crippen MR) is 77.4 cm³/mol. The maximum atomic E-state index is 13.7. The van der Waals surface area contributed by atoms with Crippen LogP contribution in [0, 0.1) is 21.8 Å². The zero-order valence-corrected chi connectivity index (χ0v) is 12.4. The van der Waals surface area contributed by atoms with E-state index in [1.165, 1.54) is 11.9 Å². The number of rotatable bonds is 6. The van der Waals surface area contributed by atoms with E-state index in [1.807, 2.05) is 13.8 Å². The Labute approximate surface area is 122 Å². The first kappa shape index (κ1) is 17.0. The second-order valence-corrected chi connectivity index (χ2v) is 5.34. The Morgan fingerprint density at radius 3 is 2.62 bits per heavy atom. The predicted octanol–water partition coefficient (Wildman–Crippen LogP) is 2.18. The van der Waals surface area contributed by atoms with Gasteiger partial charge in [-0.05, 0) is 18.4 Å². The van der Waals surface area contributed by atoms with Crippen molar-refractivity contribution in [3.05, 3.63) is 39.7 Å². The molecule has 0 saturated carbocycles. The monoisotopic (exact) mass is 297 g/mol. The molecule has 0 heterocycles. The number of hydrogen-bond donors (Lipinski definition) is 1. The first-order chi connectivity index (χ1) is 9.73. The quantitative estimate of drug-likeness (QED) is 0.643. The molecule has 116 valence electrons. The molecule has 0 aliphatic carbocycles. The van der Waals surface area contributed by atoms with Crippen LogP contribution in [0.4, 0.5) is 10.1 Å². The van der Waals surface area contributed by atoms with Crippen molar-refractivity contribution in [3.63, 3.8) is 0 Å². The van der Waals surface area contributed by atoms with Gasteiger partial charge in [0.2, 0.25) is 0 Å². The highest BCUT2D eigenvalue weighted by molar-refractivity contribution is 5.95. The topological polar surface area (TPSA) is 89.5 Å². The standard InChI is InChI=1S/C14H20FN3O3/c1-9(2)13(16)6-7-17(3)14(19)11-8-10(18(20)21)4-5-12(11)15/h4-5,8-9,13H,6-7,16H2,1-3H3. The maximum Gasteiger partial charge on any atom is 0.270 e. The molecule has 0 spiro atoms. The zero-order chi connectivity index (χ0) is 16.2. The Morgan fingerprint density at radius 1 is 1.48 bits per heavy atom. The van der Waals surface area contributed by atoms with E-state index in [0.717, 1.165) is 18.2 Å². The van der Waals surface area contributed by atoms with Gasteiger partial charge in [-0.1, -0.05) is 13.8 Å². The number of nitrogens with two attached hydrogens (primary N) is 1. The highest BCUT2D eigenvalue weighted by Gasteiger charge is 2.20. The Hall–Kier alpha value is -2.02. The summed E-state index contributed by atoms with van der Waals surface area (Å²) in [5.41, 5.74) is 5.28. The summed E-state index contributed by atoms with van der Waals surface area (Å²) in [7, 11) is 1.52. The minimum Gasteiger partial charge on any atom is -0.342 e. The van der Waals surface area contributed by atoms with E-state index in [9.17, 15) is 19.3 Å². The van der Waals surface area contributed by atoms with E-state index in [4.69, 9.17) is 5.73 Å². The third kappa shape index (κ3) is 4.49. The Morgan fingerprint density at radius 2 is 2.10 bits per heavy atom. The van der Waals surface area contributed by atoms with Gasteiger partial charge in [-0.3, -0.25) is 14.9 Å². The van der Waals surface area contributed by atoms with E-state index >= 15 is 0 Å². The van der Waals surface area contributed by atoms with Crippen LogP contribution >= 0.6 is 0 Å². The van der Waals surface area contributed by atoms with Gasteiger partial charge < -0.3 is 10.6 Å². The number of non-ortho nitro benzene ring substituents is 1. The fourth-order valence-corrected chi connectivity index (χ4v) is 1.77. The third-order valence-corrected chi connectivity index (χ3v) is 3.39. The normalized spacial score (nSPS) is 12.3. The van der Waals surface area contributed by atoms with Crippen LogP contribution in [0.15, 0.2) is 18.2 Å². The van der Waals surface area contributed by atoms with Crippen LogP contribution < -0.4 is 5.73 Å². The molecule has 0 aliphatic rings. The van der Waals surface area contributed by atoms with Crippen LogP contribution in [0.3, 0.4) is 0 Å². The van der Waals surface area contributed by atoms with Gasteiger partial charge in [0.1, 0.15) is 5.82 Å². The second-order valence-electron chi connectivity index (χ2n) is 5.34. The van der Waals surface area contributed by atoms with Crippen LogP contribution in [0.2, 0.25) is 0 Å². The average Bonchev–Trinajstić information content (AvgIpc) is 2.43. The molecule has 7 heteroatoms. The SMILES string of the molecule is CC(C)C(N)CCN(C)C(=O)c1cc([N+](=O)[O-])ccc1F. The largest absolute Gasteiger partial charge is 0.342 e. The molecule has 1 atom stereocenters. The Bertz CT molecular complexity index is 534. The van der Waals surface area contributed by atoms with Crippen LogP contribution in [-0.4, -0.2) is 35.4 Å². The summed E-state index contributed by atoms with van der Waals surface area (Å²) >= 11 is 0. The van der Waals surface area contributed by atoms with Crippen molar-refractivity contribution in [2.24, 2.45) is 11.7 Å². The lowest BCUT2D eigenvalue weighted by Crippen LogP contribution is -2.35. The van der Waals surface area contributed by atoms with Crippen molar-refractivity contribution in [1.29, 1.82) is 0 Å². The fraction of sp³-hybridized carbons (Fsp3) is 0.500. The van der Waals surface area contributed by atoms with Gasteiger partial charge in [-0.2, -0.15) is 0 Å². The summed E-state index contributed by atoms with van der Waals surface area (Å²) in [6.07, 6.45) is 0.580. The fourth-order valence-electron chi connectivity index (χ4n) is 1.77. The minimum atomic E-state index is -0.773. The Balaban J connectivity index is 2.83. The summed E-state index contributed by atoms with van der Waals surface area (Å²) in [5, 5.41) is 10.7. The molecule has 0 aromatic heterocycles. The minimum absolute atomic E-state index is 0.0600. The van der Waals surface area contributed by atoms with Gasteiger partial charge in [0, 0.05) is 31.8 Å². The summed E-state index contributed by atoms with van der Waals surface area (Å²) in [6, 6.07) is 2.85. The van der Waals surface area contributed by atoms with E-state index in [1.54, 1.807) is 0 Å². The molecule has 6 nitrogen and oxygen atoms in total. The van der Waals surface area contributed by atoms with Crippen LogP contribution in [0.25, 0.3) is 0 Å². The molecule has 0 radical (unpaired) electrons. The van der Waals surface area contributed by atoms with Crippen molar-refractivity contribution >= 4 is 11.6 Å². The molecule has 0 bridgehead atoms. The molecule has 1 rings (SSSR count). The lowest BCUT2D eigenvalue weighted by Gasteiger charge is -2.21. The molecular weight excluding hydrogens is 277 g/mol. The number of nitro benzene ring substituents is 1. The van der Waals surface area contributed by atoms with E-state index in [0.29, 0.717) is 13.0 Å². The first-order valence-corrected chi connectivity index (χ1v) is 6.69. The molecular formula is C14H20FN3O3. The molecule has 0 aliphatic heterocycles. The van der Waals surface area contributed by atoms with Gasteiger partial charge >= 0.3 is 0 Å². The van der Waals surface area contributed by atoms with E-state index < -0.39 is 16.6 Å². The maximum absolute atomic E-state index is 13.7. The van der Waals surface area contributed by atoms with Crippen LogP contribution in [0.1, 0.15) is 30.6 Å². The molecule has 1 aromatic rings. The number of nitrogens with zero attached hydrogens (tertiary/aromatic N) is 2. The van der Waals surface area contributed by atoms with E-state index in [2.05, 4.69) is 0 Å². The van der Waals surface area contributed by atoms with Gasteiger partial charge in [-0.25, -0.2) is 4.39 Å². The second kappa shape index (κ2) is 7.12. The Kier molecular flexibility index (Phi) is 5.78. The molecule has 21 heavy (non-hydrogen) atoms. The van der Waals surface area contributed by atoms with Crippen molar-refractivity contribution in [2.75, 3.05) is 13.6 Å². The third-order valence-electron chi connectivity index (χ3n) is 3.39. The molecule has 2 N–H and O–H groups in total. The number of benzene rings is 1. The summed E-state index contributed by atoms with van der Waals surface area (Å²) in [5.74, 6) is -1.08. The van der Waals surface area contributed by atoms with E-state index in [-0.39, 0.29) is 23.2 Å². The molecule has 1 unspecified atom stereocenters. The smallest absolute Gasteiger partial charge is 0.270 e. The van der Waals surface area contributed by atoms with Gasteiger partial charge in [-0.15, -0.1) is 0 Å². The highest BCUT2D eigenvalue weighted by Crippen LogP contribution is 2.18. The number of nitro groups is 1. The van der Waals surface area contributed by atoms with Gasteiger partial charge in [0.05, 0.1) is 10.5 Å². The van der Waals surface area contributed by atoms with Crippen molar-refractivity contribution < 1.29 is 14.1 Å². The number of carbonyl (C=O) groups is 1. The van der Waals surface area contributed by atoms with Crippen molar-refractivity contribution in [3.8, 4) is 0 Å².